The van der Waals surface area contributed by atoms with Crippen LogP contribution in [0.1, 0.15) is 67.9 Å². The van der Waals surface area contributed by atoms with E-state index in [1.54, 1.807) is 18.0 Å². The van der Waals surface area contributed by atoms with Crippen LogP contribution in [0.3, 0.4) is 0 Å². The van der Waals surface area contributed by atoms with E-state index in [0.717, 1.165) is 37.0 Å². The quantitative estimate of drug-likeness (QED) is 0.558. The van der Waals surface area contributed by atoms with Gasteiger partial charge in [-0.1, -0.05) is 18.8 Å². The SMILES string of the molecule is CN(C)CCN(C)C(=O)CN(c1cc(C#CC(C)(C)C)sc1C(=O)O)C(=O)[C@H]1CC[C@H](C)CC1. The molecule has 188 valence electrons. The molecule has 1 aromatic rings. The van der Waals surface area contributed by atoms with Gasteiger partial charge in [-0.05, 0) is 72.5 Å². The Hall–Kier alpha value is -2.37. The highest BCUT2D eigenvalue weighted by molar-refractivity contribution is 7.15. The number of carbonyl (C=O) groups excluding carboxylic acids is 2. The van der Waals surface area contributed by atoms with E-state index < -0.39 is 5.97 Å². The summed E-state index contributed by atoms with van der Waals surface area (Å²) < 4.78 is 0. The highest BCUT2D eigenvalue weighted by atomic mass is 32.1. The number of hydrogen-bond donors (Lipinski definition) is 1. The third-order valence-corrected chi connectivity index (χ3v) is 7.02. The number of carboxylic acid groups (broad SMARTS) is 1. The number of rotatable bonds is 8. The Balaban J connectivity index is 2.42. The van der Waals surface area contributed by atoms with E-state index >= 15 is 0 Å². The first-order valence-corrected chi connectivity index (χ1v) is 12.7. The Morgan fingerprint density at radius 2 is 1.71 bits per heavy atom. The van der Waals surface area contributed by atoms with Gasteiger partial charge in [-0.3, -0.25) is 9.59 Å². The number of likely N-dealkylation sites (N-methyl/N-ethyl adjacent to an activating group) is 2. The lowest BCUT2D eigenvalue weighted by molar-refractivity contribution is -0.131. The molecule has 1 aliphatic carbocycles. The fourth-order valence-corrected chi connectivity index (χ4v) is 4.64. The van der Waals surface area contributed by atoms with E-state index in [0.29, 0.717) is 23.9 Å². The monoisotopic (exact) mass is 489 g/mol. The number of amides is 2. The summed E-state index contributed by atoms with van der Waals surface area (Å²) in [5.74, 6) is 5.04. The van der Waals surface area contributed by atoms with Crippen LogP contribution >= 0.6 is 11.3 Å². The Kier molecular flexibility index (Phi) is 9.72. The van der Waals surface area contributed by atoms with Gasteiger partial charge in [-0.25, -0.2) is 4.79 Å². The van der Waals surface area contributed by atoms with Gasteiger partial charge in [0.2, 0.25) is 11.8 Å². The molecular weight excluding hydrogens is 450 g/mol. The molecule has 0 saturated heterocycles. The molecule has 1 N–H and O–H groups in total. The number of carboxylic acids is 1. The summed E-state index contributed by atoms with van der Waals surface area (Å²) in [5, 5.41) is 9.89. The van der Waals surface area contributed by atoms with Crippen molar-refractivity contribution in [3.63, 3.8) is 0 Å². The second-order valence-corrected chi connectivity index (χ2v) is 11.7. The smallest absolute Gasteiger partial charge is 0.348 e. The van der Waals surface area contributed by atoms with Crippen LogP contribution in [0, 0.1) is 29.1 Å². The second kappa shape index (κ2) is 11.9. The number of nitrogens with zero attached hydrogens (tertiary/aromatic N) is 3. The van der Waals surface area contributed by atoms with Gasteiger partial charge in [0, 0.05) is 31.5 Å². The molecule has 7 nitrogen and oxygen atoms in total. The largest absolute Gasteiger partial charge is 0.477 e. The van der Waals surface area contributed by atoms with E-state index in [9.17, 15) is 19.5 Å². The molecule has 1 saturated carbocycles. The maximum absolute atomic E-state index is 13.7. The molecule has 0 radical (unpaired) electrons. The maximum atomic E-state index is 13.7. The summed E-state index contributed by atoms with van der Waals surface area (Å²) in [6.07, 6.45) is 3.42. The molecule has 1 aromatic heterocycles. The Morgan fingerprint density at radius 3 is 2.24 bits per heavy atom. The molecule has 0 aromatic carbocycles. The molecule has 0 bridgehead atoms. The summed E-state index contributed by atoms with van der Waals surface area (Å²) in [7, 11) is 5.58. The van der Waals surface area contributed by atoms with Crippen molar-refractivity contribution in [3.05, 3.63) is 15.8 Å². The van der Waals surface area contributed by atoms with Gasteiger partial charge in [0.1, 0.15) is 11.4 Å². The van der Waals surface area contributed by atoms with Gasteiger partial charge in [0.15, 0.2) is 0 Å². The Bertz CT molecular complexity index is 943. The third kappa shape index (κ3) is 8.14. The number of anilines is 1. The van der Waals surface area contributed by atoms with Crippen LogP contribution in [0.2, 0.25) is 0 Å². The van der Waals surface area contributed by atoms with Crippen LogP contribution in [0.25, 0.3) is 0 Å². The van der Waals surface area contributed by atoms with E-state index in [1.807, 2.05) is 39.8 Å². The van der Waals surface area contributed by atoms with Crippen molar-refractivity contribution >= 4 is 34.8 Å². The molecular formula is C26H39N3O4S. The molecule has 0 atom stereocenters. The molecule has 0 spiro atoms. The minimum atomic E-state index is -1.12. The topological polar surface area (TPSA) is 81.2 Å². The highest BCUT2D eigenvalue weighted by Gasteiger charge is 2.33. The standard InChI is InChI=1S/C26H39N3O4S/c1-18-8-10-19(11-9-18)24(31)29(17-22(30)28(7)15-14-27(5)6)21-16-20(12-13-26(2,3)4)34-23(21)25(32)33/h16,18-19H,8-11,14-15,17H2,1-7H3,(H,32,33)/t18-,19-. The Labute approximate surface area is 208 Å². The first kappa shape index (κ1) is 27.9. The van der Waals surface area contributed by atoms with Gasteiger partial charge in [0.05, 0.1) is 10.6 Å². The van der Waals surface area contributed by atoms with Crippen molar-refractivity contribution in [2.45, 2.75) is 53.4 Å². The van der Waals surface area contributed by atoms with E-state index in [1.165, 1.54) is 4.90 Å². The molecule has 2 rings (SSSR count). The van der Waals surface area contributed by atoms with E-state index in [-0.39, 0.29) is 40.3 Å². The minimum absolute atomic E-state index is 0.0412. The lowest BCUT2D eigenvalue weighted by Gasteiger charge is -2.32. The van der Waals surface area contributed by atoms with Crippen LogP contribution < -0.4 is 4.90 Å². The van der Waals surface area contributed by atoms with Crippen molar-refractivity contribution in [3.8, 4) is 11.8 Å². The zero-order valence-electron chi connectivity index (χ0n) is 21.6. The van der Waals surface area contributed by atoms with Crippen LogP contribution in [0.5, 0.6) is 0 Å². The minimum Gasteiger partial charge on any atom is -0.477 e. The van der Waals surface area contributed by atoms with E-state index in [2.05, 4.69) is 18.8 Å². The molecule has 0 aliphatic heterocycles. The average Bonchev–Trinajstić information content (AvgIpc) is 3.18. The summed E-state index contributed by atoms with van der Waals surface area (Å²) >= 11 is 1.05. The molecule has 0 unspecified atom stereocenters. The predicted molar refractivity (Wildman–Crippen MR) is 137 cm³/mol. The first-order valence-electron chi connectivity index (χ1n) is 11.9. The van der Waals surface area contributed by atoms with Crippen molar-refractivity contribution in [1.82, 2.24) is 9.80 Å². The fourth-order valence-electron chi connectivity index (χ4n) is 3.79. The molecule has 8 heteroatoms. The van der Waals surface area contributed by atoms with E-state index in [4.69, 9.17) is 0 Å². The maximum Gasteiger partial charge on any atom is 0.348 e. The molecule has 1 fully saturated rings. The summed E-state index contributed by atoms with van der Waals surface area (Å²) in [4.78, 5) is 44.4. The van der Waals surface area contributed by atoms with Crippen LogP contribution in [0.15, 0.2) is 6.07 Å². The third-order valence-electron chi connectivity index (χ3n) is 5.99. The Morgan fingerprint density at radius 1 is 1.09 bits per heavy atom. The fraction of sp³-hybridized carbons (Fsp3) is 0.654. The second-order valence-electron chi connectivity index (χ2n) is 10.6. The highest BCUT2D eigenvalue weighted by Crippen LogP contribution is 2.35. The van der Waals surface area contributed by atoms with Gasteiger partial charge in [-0.15, -0.1) is 11.3 Å². The van der Waals surface area contributed by atoms with Crippen molar-refractivity contribution in [1.29, 1.82) is 0 Å². The van der Waals surface area contributed by atoms with Gasteiger partial charge >= 0.3 is 5.97 Å². The van der Waals surface area contributed by atoms with Crippen molar-refractivity contribution < 1.29 is 19.5 Å². The first-order chi connectivity index (χ1) is 15.8. The predicted octanol–water partition coefficient (Wildman–Crippen LogP) is 4.02. The zero-order valence-corrected chi connectivity index (χ0v) is 22.4. The molecule has 34 heavy (non-hydrogen) atoms. The normalized spacial score (nSPS) is 18.2. The van der Waals surface area contributed by atoms with Crippen LogP contribution in [-0.4, -0.2) is 73.5 Å². The average molecular weight is 490 g/mol. The summed E-state index contributed by atoms with van der Waals surface area (Å²) in [6.45, 7) is 9.16. The van der Waals surface area contributed by atoms with Gasteiger partial charge < -0.3 is 19.8 Å². The van der Waals surface area contributed by atoms with Gasteiger partial charge in [-0.2, -0.15) is 0 Å². The van der Waals surface area contributed by atoms with Crippen LogP contribution in [0.4, 0.5) is 5.69 Å². The number of aromatic carboxylic acids is 1. The molecule has 1 heterocycles. The summed E-state index contributed by atoms with van der Waals surface area (Å²) in [6, 6.07) is 1.66. The van der Waals surface area contributed by atoms with Crippen molar-refractivity contribution in [2.24, 2.45) is 17.3 Å². The summed E-state index contributed by atoms with van der Waals surface area (Å²) in [5.41, 5.74) is 0.0288. The lowest BCUT2D eigenvalue weighted by atomic mass is 9.82. The van der Waals surface area contributed by atoms with Crippen LogP contribution in [-0.2, 0) is 9.59 Å². The number of carbonyl (C=O) groups is 3. The van der Waals surface area contributed by atoms with Crippen molar-refractivity contribution in [2.75, 3.05) is 45.7 Å². The number of thiophene rings is 1. The lowest BCUT2D eigenvalue weighted by Crippen LogP contribution is -2.46. The number of hydrogen-bond acceptors (Lipinski definition) is 5. The molecule has 1 aliphatic rings. The van der Waals surface area contributed by atoms with Gasteiger partial charge in [0.25, 0.3) is 0 Å². The molecule has 2 amide bonds. The zero-order chi connectivity index (χ0) is 25.6.